The number of hydrogen-bond donors (Lipinski definition) is 1. The number of carbonyl (C=O) groups is 1. The van der Waals surface area contributed by atoms with Crippen molar-refractivity contribution in [1.82, 2.24) is 0 Å². The number of hydrogen-bond acceptors (Lipinski definition) is 3. The minimum absolute atomic E-state index is 0.172. The Balaban J connectivity index is 2.46. The fourth-order valence-electron chi connectivity index (χ4n) is 1.57. The van der Waals surface area contributed by atoms with Crippen LogP contribution < -0.4 is 5.73 Å². The normalized spacial score (nSPS) is 13.1. The molecule has 0 saturated heterocycles. The van der Waals surface area contributed by atoms with Gasteiger partial charge in [0.1, 0.15) is 0 Å². The van der Waals surface area contributed by atoms with Crippen molar-refractivity contribution in [1.29, 1.82) is 0 Å². The molecule has 0 fully saturated rings. The summed E-state index contributed by atoms with van der Waals surface area (Å²) in [6.45, 7) is 6.46. The molecule has 0 aliphatic heterocycles. The topological polar surface area (TPSA) is 52.3 Å². The van der Waals surface area contributed by atoms with Crippen molar-refractivity contribution >= 4 is 5.97 Å². The minimum atomic E-state index is -0.452. The van der Waals surface area contributed by atoms with Gasteiger partial charge >= 0.3 is 5.97 Å². The lowest BCUT2D eigenvalue weighted by Gasteiger charge is -2.20. The molecule has 3 nitrogen and oxygen atoms in total. The molecule has 0 heterocycles. The van der Waals surface area contributed by atoms with Crippen molar-refractivity contribution < 1.29 is 9.53 Å². The van der Waals surface area contributed by atoms with Crippen molar-refractivity contribution in [3.8, 4) is 0 Å². The van der Waals surface area contributed by atoms with E-state index < -0.39 is 5.41 Å². The molecule has 0 aliphatic rings. The summed E-state index contributed by atoms with van der Waals surface area (Å²) in [4.78, 5) is 11.7. The van der Waals surface area contributed by atoms with E-state index in [0.717, 1.165) is 6.42 Å². The molecule has 3 heteroatoms. The van der Waals surface area contributed by atoms with Gasteiger partial charge < -0.3 is 10.5 Å². The lowest BCUT2D eigenvalue weighted by molar-refractivity contribution is -0.154. The van der Waals surface area contributed by atoms with Crippen LogP contribution in [0.5, 0.6) is 0 Å². The van der Waals surface area contributed by atoms with Crippen LogP contribution in [-0.2, 0) is 16.0 Å². The molecule has 1 rings (SSSR count). The zero-order chi connectivity index (χ0) is 13.6. The molecule has 1 aromatic carbocycles. The maximum absolute atomic E-state index is 11.7. The zero-order valence-electron chi connectivity index (χ0n) is 11.5. The summed E-state index contributed by atoms with van der Waals surface area (Å²) < 4.78 is 5.31. The van der Waals surface area contributed by atoms with Crippen LogP contribution in [-0.4, -0.2) is 19.1 Å². The highest BCUT2D eigenvalue weighted by Gasteiger charge is 2.24. The van der Waals surface area contributed by atoms with Crippen LogP contribution in [0, 0.1) is 11.3 Å². The molecule has 0 radical (unpaired) electrons. The highest BCUT2D eigenvalue weighted by atomic mass is 16.5. The first-order chi connectivity index (χ1) is 8.43. The summed E-state index contributed by atoms with van der Waals surface area (Å²) in [5.41, 5.74) is 6.49. The van der Waals surface area contributed by atoms with Crippen molar-refractivity contribution in [2.75, 3.05) is 13.2 Å². The maximum Gasteiger partial charge on any atom is 0.311 e. The molecule has 2 N–H and O–H groups in total. The second-order valence-electron chi connectivity index (χ2n) is 5.64. The van der Waals surface area contributed by atoms with Gasteiger partial charge in [-0.1, -0.05) is 30.3 Å². The first kappa shape index (κ1) is 14.7. The molecule has 0 aromatic heterocycles. The van der Waals surface area contributed by atoms with Crippen molar-refractivity contribution in [2.45, 2.75) is 27.2 Å². The van der Waals surface area contributed by atoms with E-state index >= 15 is 0 Å². The van der Waals surface area contributed by atoms with E-state index in [9.17, 15) is 4.79 Å². The Morgan fingerprint density at radius 1 is 1.28 bits per heavy atom. The molecule has 18 heavy (non-hydrogen) atoms. The third-order valence-corrected chi connectivity index (χ3v) is 2.76. The molecule has 0 spiro atoms. The monoisotopic (exact) mass is 249 g/mol. The molecule has 0 saturated carbocycles. The van der Waals surface area contributed by atoms with Gasteiger partial charge in [-0.15, -0.1) is 0 Å². The fraction of sp³-hybridized carbons (Fsp3) is 0.533. The van der Waals surface area contributed by atoms with Gasteiger partial charge in [0.05, 0.1) is 12.0 Å². The maximum atomic E-state index is 11.7. The average molecular weight is 249 g/mol. The third kappa shape index (κ3) is 4.88. The summed E-state index contributed by atoms with van der Waals surface area (Å²) in [7, 11) is 0. The van der Waals surface area contributed by atoms with Gasteiger partial charge in [-0.2, -0.15) is 0 Å². The van der Waals surface area contributed by atoms with Gasteiger partial charge in [-0.05, 0) is 39.3 Å². The SMILES string of the molecule is CC(C)(C)C(=O)OCC(CN)Cc1ccccc1. The molecular formula is C15H23NO2. The summed E-state index contributed by atoms with van der Waals surface area (Å²) >= 11 is 0. The van der Waals surface area contributed by atoms with E-state index in [-0.39, 0.29) is 11.9 Å². The molecule has 1 atom stereocenters. The second-order valence-corrected chi connectivity index (χ2v) is 5.64. The Labute approximate surface area is 109 Å². The van der Waals surface area contributed by atoms with E-state index in [1.54, 1.807) is 0 Å². The smallest absolute Gasteiger partial charge is 0.311 e. The first-order valence-corrected chi connectivity index (χ1v) is 6.34. The number of benzene rings is 1. The Morgan fingerprint density at radius 3 is 2.39 bits per heavy atom. The van der Waals surface area contributed by atoms with E-state index in [1.807, 2.05) is 39.0 Å². The molecule has 1 unspecified atom stereocenters. The number of carbonyl (C=O) groups excluding carboxylic acids is 1. The predicted octanol–water partition coefficient (Wildman–Crippen LogP) is 2.39. The second kappa shape index (κ2) is 6.55. The van der Waals surface area contributed by atoms with E-state index in [2.05, 4.69) is 12.1 Å². The summed E-state index contributed by atoms with van der Waals surface area (Å²) in [6, 6.07) is 10.1. The lowest BCUT2D eigenvalue weighted by Crippen LogP contribution is -2.29. The van der Waals surface area contributed by atoms with Crippen LogP contribution in [0.15, 0.2) is 30.3 Å². The summed E-state index contributed by atoms with van der Waals surface area (Å²) in [5, 5.41) is 0. The molecular weight excluding hydrogens is 226 g/mol. The van der Waals surface area contributed by atoms with E-state index in [1.165, 1.54) is 5.56 Å². The molecule has 0 aliphatic carbocycles. The van der Waals surface area contributed by atoms with Gasteiger partial charge in [0, 0.05) is 5.92 Å². The number of ether oxygens (including phenoxy) is 1. The highest BCUT2D eigenvalue weighted by molar-refractivity contribution is 5.75. The molecule has 0 amide bonds. The van der Waals surface area contributed by atoms with Gasteiger partial charge in [-0.3, -0.25) is 4.79 Å². The minimum Gasteiger partial charge on any atom is -0.465 e. The Bertz CT molecular complexity index is 368. The van der Waals surface area contributed by atoms with Gasteiger partial charge in [-0.25, -0.2) is 0 Å². The fourth-order valence-corrected chi connectivity index (χ4v) is 1.57. The number of nitrogens with two attached hydrogens (primary N) is 1. The average Bonchev–Trinajstić information content (AvgIpc) is 2.34. The van der Waals surface area contributed by atoms with Gasteiger partial charge in [0.15, 0.2) is 0 Å². The Hall–Kier alpha value is -1.35. The van der Waals surface area contributed by atoms with Gasteiger partial charge in [0.2, 0.25) is 0 Å². The van der Waals surface area contributed by atoms with Crippen LogP contribution in [0.25, 0.3) is 0 Å². The van der Waals surface area contributed by atoms with E-state index in [4.69, 9.17) is 10.5 Å². The predicted molar refractivity (Wildman–Crippen MR) is 73.1 cm³/mol. The molecule has 100 valence electrons. The van der Waals surface area contributed by atoms with Crippen LogP contribution in [0.2, 0.25) is 0 Å². The van der Waals surface area contributed by atoms with Crippen molar-refractivity contribution in [3.63, 3.8) is 0 Å². The van der Waals surface area contributed by atoms with Crippen LogP contribution in [0.3, 0.4) is 0 Å². The quantitative estimate of drug-likeness (QED) is 0.815. The lowest BCUT2D eigenvalue weighted by atomic mass is 9.97. The van der Waals surface area contributed by atoms with E-state index in [0.29, 0.717) is 13.2 Å². The van der Waals surface area contributed by atoms with Crippen LogP contribution in [0.4, 0.5) is 0 Å². The third-order valence-electron chi connectivity index (χ3n) is 2.76. The van der Waals surface area contributed by atoms with Gasteiger partial charge in [0.25, 0.3) is 0 Å². The summed E-state index contributed by atoms with van der Waals surface area (Å²) in [5.74, 6) is 0.00714. The van der Waals surface area contributed by atoms with Crippen molar-refractivity contribution in [3.05, 3.63) is 35.9 Å². The molecule has 1 aromatic rings. The largest absolute Gasteiger partial charge is 0.465 e. The Kier molecular flexibility index (Phi) is 5.35. The highest BCUT2D eigenvalue weighted by Crippen LogP contribution is 2.16. The number of esters is 1. The van der Waals surface area contributed by atoms with Crippen LogP contribution in [0.1, 0.15) is 26.3 Å². The Morgan fingerprint density at radius 2 is 1.89 bits per heavy atom. The van der Waals surface area contributed by atoms with Crippen molar-refractivity contribution in [2.24, 2.45) is 17.1 Å². The molecule has 0 bridgehead atoms. The number of rotatable bonds is 5. The standard InChI is InChI=1S/C15H23NO2/c1-15(2,3)14(17)18-11-13(10-16)9-12-7-5-4-6-8-12/h4-8,13H,9-11,16H2,1-3H3. The summed E-state index contributed by atoms with van der Waals surface area (Å²) in [6.07, 6.45) is 0.842. The van der Waals surface area contributed by atoms with Crippen LogP contribution >= 0.6 is 0 Å². The zero-order valence-corrected chi connectivity index (χ0v) is 11.5. The first-order valence-electron chi connectivity index (χ1n) is 6.34.